The molecule has 0 saturated carbocycles. The SMILES string of the molecule is CC#CCCOc1cc(CC)sc1C(=O)O. The molecule has 0 saturated heterocycles. The van der Waals surface area contributed by atoms with Gasteiger partial charge in [0.15, 0.2) is 4.88 Å². The Morgan fingerprint density at radius 3 is 2.94 bits per heavy atom. The highest BCUT2D eigenvalue weighted by atomic mass is 32.1. The van der Waals surface area contributed by atoms with Gasteiger partial charge in [0.1, 0.15) is 5.75 Å². The topological polar surface area (TPSA) is 46.5 Å². The van der Waals surface area contributed by atoms with Crippen molar-refractivity contribution in [2.24, 2.45) is 0 Å². The van der Waals surface area contributed by atoms with Crippen LogP contribution in [0.5, 0.6) is 5.75 Å². The first-order valence-corrected chi connectivity index (χ1v) is 5.89. The van der Waals surface area contributed by atoms with Crippen LogP contribution >= 0.6 is 11.3 Å². The molecule has 0 atom stereocenters. The molecule has 1 aromatic rings. The minimum atomic E-state index is -0.929. The van der Waals surface area contributed by atoms with Crippen LogP contribution in [0.3, 0.4) is 0 Å². The molecule has 0 aliphatic heterocycles. The maximum Gasteiger partial charge on any atom is 0.349 e. The van der Waals surface area contributed by atoms with E-state index in [1.807, 2.05) is 6.92 Å². The minimum absolute atomic E-state index is 0.279. The van der Waals surface area contributed by atoms with Crippen molar-refractivity contribution in [2.45, 2.75) is 26.7 Å². The van der Waals surface area contributed by atoms with Gasteiger partial charge in [-0.15, -0.1) is 23.2 Å². The number of carboxylic acids is 1. The number of thiophene rings is 1. The summed E-state index contributed by atoms with van der Waals surface area (Å²) in [5.74, 6) is 5.17. The Labute approximate surface area is 99.1 Å². The lowest BCUT2D eigenvalue weighted by atomic mass is 10.3. The van der Waals surface area contributed by atoms with Gasteiger partial charge in [-0.25, -0.2) is 4.79 Å². The lowest BCUT2D eigenvalue weighted by Gasteiger charge is -2.01. The van der Waals surface area contributed by atoms with Crippen molar-refractivity contribution in [3.63, 3.8) is 0 Å². The molecule has 0 amide bonds. The normalized spacial score (nSPS) is 9.38. The van der Waals surface area contributed by atoms with Crippen molar-refractivity contribution in [1.29, 1.82) is 0 Å². The third-order valence-electron chi connectivity index (χ3n) is 1.95. The monoisotopic (exact) mass is 238 g/mol. The van der Waals surface area contributed by atoms with E-state index in [9.17, 15) is 4.79 Å². The molecule has 4 heteroatoms. The van der Waals surface area contributed by atoms with E-state index in [2.05, 4.69) is 11.8 Å². The van der Waals surface area contributed by atoms with E-state index < -0.39 is 5.97 Å². The smallest absolute Gasteiger partial charge is 0.349 e. The molecule has 86 valence electrons. The number of carbonyl (C=O) groups is 1. The van der Waals surface area contributed by atoms with Crippen LogP contribution in [0.1, 0.15) is 34.8 Å². The van der Waals surface area contributed by atoms with Gasteiger partial charge < -0.3 is 9.84 Å². The number of rotatable bonds is 5. The number of aromatic carboxylic acids is 1. The summed E-state index contributed by atoms with van der Waals surface area (Å²) in [5, 5.41) is 8.98. The zero-order valence-corrected chi connectivity index (χ0v) is 10.2. The molecular formula is C12H14O3S. The minimum Gasteiger partial charge on any atom is -0.491 e. The first kappa shape index (κ1) is 12.6. The van der Waals surface area contributed by atoms with E-state index in [1.165, 1.54) is 11.3 Å². The Morgan fingerprint density at radius 1 is 1.62 bits per heavy atom. The lowest BCUT2D eigenvalue weighted by Crippen LogP contribution is -2.00. The highest BCUT2D eigenvalue weighted by Crippen LogP contribution is 2.29. The fraction of sp³-hybridized carbons (Fsp3) is 0.417. The van der Waals surface area contributed by atoms with Gasteiger partial charge in [-0.3, -0.25) is 0 Å². The van der Waals surface area contributed by atoms with Crippen molar-refractivity contribution in [3.8, 4) is 17.6 Å². The summed E-state index contributed by atoms with van der Waals surface area (Å²) < 4.78 is 5.41. The van der Waals surface area contributed by atoms with Crippen molar-refractivity contribution in [1.82, 2.24) is 0 Å². The van der Waals surface area contributed by atoms with Gasteiger partial charge in [0.05, 0.1) is 6.61 Å². The maximum atomic E-state index is 10.9. The first-order valence-electron chi connectivity index (χ1n) is 5.07. The quantitative estimate of drug-likeness (QED) is 0.633. The van der Waals surface area contributed by atoms with E-state index in [-0.39, 0.29) is 4.88 Å². The zero-order chi connectivity index (χ0) is 12.0. The van der Waals surface area contributed by atoms with E-state index in [1.54, 1.807) is 13.0 Å². The van der Waals surface area contributed by atoms with E-state index in [4.69, 9.17) is 9.84 Å². The Morgan fingerprint density at radius 2 is 2.38 bits per heavy atom. The Balaban J connectivity index is 2.72. The fourth-order valence-corrected chi connectivity index (χ4v) is 2.07. The van der Waals surface area contributed by atoms with Gasteiger partial charge in [-0.2, -0.15) is 0 Å². The highest BCUT2D eigenvalue weighted by Gasteiger charge is 2.15. The van der Waals surface area contributed by atoms with Gasteiger partial charge >= 0.3 is 5.97 Å². The summed E-state index contributed by atoms with van der Waals surface area (Å²) in [6, 6.07) is 1.80. The Hall–Kier alpha value is -1.47. The van der Waals surface area contributed by atoms with E-state index >= 15 is 0 Å². The third-order valence-corrected chi connectivity index (χ3v) is 3.20. The van der Waals surface area contributed by atoms with Gasteiger partial charge in [0.25, 0.3) is 0 Å². The number of aryl methyl sites for hydroxylation is 1. The summed E-state index contributed by atoms with van der Waals surface area (Å²) in [5.41, 5.74) is 0. The van der Waals surface area contributed by atoms with Crippen molar-refractivity contribution < 1.29 is 14.6 Å². The molecule has 0 bridgehead atoms. The zero-order valence-electron chi connectivity index (χ0n) is 9.37. The van der Waals surface area contributed by atoms with Crippen LogP contribution in [0, 0.1) is 11.8 Å². The molecule has 1 heterocycles. The fourth-order valence-electron chi connectivity index (χ4n) is 1.19. The molecule has 1 rings (SSSR count). The van der Waals surface area contributed by atoms with Crippen LogP contribution in [0.15, 0.2) is 6.07 Å². The summed E-state index contributed by atoms with van der Waals surface area (Å²) in [7, 11) is 0. The van der Waals surface area contributed by atoms with E-state index in [0.717, 1.165) is 11.3 Å². The molecule has 1 aromatic heterocycles. The molecule has 16 heavy (non-hydrogen) atoms. The molecule has 0 aliphatic carbocycles. The van der Waals surface area contributed by atoms with Gasteiger partial charge in [-0.1, -0.05) is 6.92 Å². The van der Waals surface area contributed by atoms with Gasteiger partial charge in [-0.05, 0) is 19.4 Å². The second-order valence-electron chi connectivity index (χ2n) is 3.09. The second kappa shape index (κ2) is 6.19. The van der Waals surface area contributed by atoms with Crippen LogP contribution in [-0.2, 0) is 6.42 Å². The van der Waals surface area contributed by atoms with Crippen LogP contribution in [0.4, 0.5) is 0 Å². The number of carboxylic acid groups (broad SMARTS) is 1. The Kier molecular flexibility index (Phi) is 4.87. The van der Waals surface area contributed by atoms with Crippen LogP contribution < -0.4 is 4.74 Å². The summed E-state index contributed by atoms with van der Waals surface area (Å²) in [6.45, 7) is 4.19. The van der Waals surface area contributed by atoms with Crippen LogP contribution in [0.2, 0.25) is 0 Å². The van der Waals surface area contributed by atoms with Gasteiger partial charge in [0, 0.05) is 11.3 Å². The molecule has 3 nitrogen and oxygen atoms in total. The predicted octanol–water partition coefficient (Wildman–Crippen LogP) is 2.80. The standard InChI is InChI=1S/C12H14O3S/c1-3-5-6-7-15-10-8-9(4-2)16-11(10)12(13)14/h8H,4,6-7H2,1-2H3,(H,13,14). The summed E-state index contributed by atoms with van der Waals surface area (Å²) >= 11 is 1.27. The molecule has 0 spiro atoms. The predicted molar refractivity (Wildman–Crippen MR) is 64.2 cm³/mol. The molecule has 0 aliphatic rings. The molecule has 0 fully saturated rings. The largest absolute Gasteiger partial charge is 0.491 e. The lowest BCUT2D eigenvalue weighted by molar-refractivity contribution is 0.0698. The third kappa shape index (κ3) is 3.28. The highest BCUT2D eigenvalue weighted by molar-refractivity contribution is 7.14. The second-order valence-corrected chi connectivity index (χ2v) is 4.23. The number of ether oxygens (including phenoxy) is 1. The molecule has 0 radical (unpaired) electrons. The Bertz CT molecular complexity index is 423. The van der Waals surface area contributed by atoms with Crippen LogP contribution in [0.25, 0.3) is 0 Å². The molecular weight excluding hydrogens is 224 g/mol. The maximum absolute atomic E-state index is 10.9. The molecule has 1 N–H and O–H groups in total. The van der Waals surface area contributed by atoms with E-state index in [0.29, 0.717) is 18.8 Å². The van der Waals surface area contributed by atoms with Crippen LogP contribution in [-0.4, -0.2) is 17.7 Å². The van der Waals surface area contributed by atoms with Gasteiger partial charge in [0.2, 0.25) is 0 Å². The number of hydrogen-bond donors (Lipinski definition) is 1. The van der Waals surface area contributed by atoms with Crippen molar-refractivity contribution >= 4 is 17.3 Å². The summed E-state index contributed by atoms with van der Waals surface area (Å²) in [6.07, 6.45) is 1.44. The number of hydrogen-bond acceptors (Lipinski definition) is 3. The summed E-state index contributed by atoms with van der Waals surface area (Å²) in [4.78, 5) is 12.2. The van der Waals surface area contributed by atoms with Crippen molar-refractivity contribution in [3.05, 3.63) is 15.8 Å². The first-order chi connectivity index (χ1) is 7.69. The van der Waals surface area contributed by atoms with Crippen molar-refractivity contribution in [2.75, 3.05) is 6.61 Å². The average molecular weight is 238 g/mol. The average Bonchev–Trinajstić information content (AvgIpc) is 2.68. The molecule has 0 aromatic carbocycles. The molecule has 0 unspecified atom stereocenters.